The van der Waals surface area contributed by atoms with Crippen LogP contribution in [0.25, 0.3) is 0 Å². The first-order chi connectivity index (χ1) is 8.50. The van der Waals surface area contributed by atoms with Crippen molar-refractivity contribution in [2.75, 3.05) is 6.61 Å². The van der Waals surface area contributed by atoms with Crippen LogP contribution in [0.4, 0.5) is 10.5 Å². The summed E-state index contributed by atoms with van der Waals surface area (Å²) in [5.74, 6) is 0. The Hall–Kier alpha value is -2.15. The Morgan fingerprint density at radius 2 is 1.89 bits per heavy atom. The molecule has 1 unspecified atom stereocenters. The largest absolute Gasteiger partial charge is 0.503 e. The summed E-state index contributed by atoms with van der Waals surface area (Å²) in [6, 6.07) is 6.59. The van der Waals surface area contributed by atoms with Gasteiger partial charge in [-0.05, 0) is 30.5 Å². The molecule has 18 heavy (non-hydrogen) atoms. The van der Waals surface area contributed by atoms with Crippen molar-refractivity contribution in [1.29, 1.82) is 0 Å². The van der Waals surface area contributed by atoms with E-state index in [0.717, 1.165) is 25.0 Å². The van der Waals surface area contributed by atoms with Crippen molar-refractivity contribution >= 4 is 11.8 Å². The van der Waals surface area contributed by atoms with Crippen LogP contribution in [0.5, 0.6) is 0 Å². The highest BCUT2D eigenvalue weighted by Crippen LogP contribution is 2.29. The third-order valence-corrected chi connectivity index (χ3v) is 2.41. The molecule has 1 fully saturated rings. The normalized spacial score (nSPS) is 17.7. The molecule has 0 aliphatic carbocycles. The topological polar surface area (TPSA) is 110 Å². The zero-order chi connectivity index (χ0) is 13.5. The van der Waals surface area contributed by atoms with Gasteiger partial charge in [-0.3, -0.25) is 10.1 Å². The first-order valence-corrected chi connectivity index (χ1v) is 5.28. The highest BCUT2D eigenvalue weighted by molar-refractivity contribution is 5.53. The molecule has 1 aromatic carbocycles. The maximum Gasteiger partial charge on any atom is 0.503 e. The van der Waals surface area contributed by atoms with Crippen molar-refractivity contribution < 1.29 is 24.7 Å². The molecule has 2 N–H and O–H groups in total. The summed E-state index contributed by atoms with van der Waals surface area (Å²) < 4.78 is 5.47. The van der Waals surface area contributed by atoms with Gasteiger partial charge < -0.3 is 14.9 Å². The number of carboxylic acid groups (broad SMARTS) is 2. The van der Waals surface area contributed by atoms with Gasteiger partial charge in [-0.1, -0.05) is 0 Å². The summed E-state index contributed by atoms with van der Waals surface area (Å²) in [7, 11) is 0. The van der Waals surface area contributed by atoms with Crippen LogP contribution in [-0.2, 0) is 4.74 Å². The summed E-state index contributed by atoms with van der Waals surface area (Å²) in [6.07, 6.45) is 0.384. The van der Waals surface area contributed by atoms with Crippen molar-refractivity contribution in [3.63, 3.8) is 0 Å². The molecule has 1 aliphatic rings. The Bertz CT molecular complexity index is 406. The fourth-order valence-electron chi connectivity index (χ4n) is 1.65. The second-order valence-corrected chi connectivity index (χ2v) is 3.63. The van der Waals surface area contributed by atoms with E-state index in [1.165, 1.54) is 12.1 Å². The van der Waals surface area contributed by atoms with Crippen LogP contribution in [0.2, 0.25) is 0 Å². The van der Waals surface area contributed by atoms with Crippen molar-refractivity contribution in [3.8, 4) is 0 Å². The van der Waals surface area contributed by atoms with E-state index in [1.807, 2.05) is 0 Å². The number of hydrogen-bond donors (Lipinski definition) is 2. The van der Waals surface area contributed by atoms with E-state index in [4.69, 9.17) is 19.7 Å². The van der Waals surface area contributed by atoms with Gasteiger partial charge in [0.2, 0.25) is 0 Å². The first-order valence-electron chi connectivity index (χ1n) is 5.28. The molecule has 2 rings (SSSR count). The van der Waals surface area contributed by atoms with E-state index in [9.17, 15) is 10.1 Å². The number of benzene rings is 1. The predicted molar refractivity (Wildman–Crippen MR) is 61.7 cm³/mol. The van der Waals surface area contributed by atoms with Crippen LogP contribution in [0.3, 0.4) is 0 Å². The Balaban J connectivity index is 0.000000357. The second-order valence-electron chi connectivity index (χ2n) is 3.63. The van der Waals surface area contributed by atoms with Crippen LogP contribution >= 0.6 is 0 Å². The zero-order valence-corrected chi connectivity index (χ0v) is 9.48. The van der Waals surface area contributed by atoms with Gasteiger partial charge >= 0.3 is 6.16 Å². The number of nitrogens with zero attached hydrogens (tertiary/aromatic N) is 1. The lowest BCUT2D eigenvalue weighted by Gasteiger charge is -2.08. The number of nitro benzene ring substituents is 1. The van der Waals surface area contributed by atoms with Crippen molar-refractivity contribution in [2.24, 2.45) is 0 Å². The maximum absolute atomic E-state index is 10.4. The standard InChI is InChI=1S/C10H11NO3.CH2O3/c12-11(13)9-5-3-8(4-6-9)10-2-1-7-14-10;2-1(3)4/h3-6,10H,1-2,7H2;(H2,2,3,4). The molecular weight excluding hydrogens is 242 g/mol. The first kappa shape index (κ1) is 13.9. The lowest BCUT2D eigenvalue weighted by atomic mass is 10.1. The molecule has 98 valence electrons. The third kappa shape index (κ3) is 4.38. The smallest absolute Gasteiger partial charge is 0.450 e. The third-order valence-electron chi connectivity index (χ3n) is 2.41. The fraction of sp³-hybridized carbons (Fsp3) is 0.364. The SMILES string of the molecule is O=C(O)O.O=[N+]([O-])c1ccc(C2CCCO2)cc1. The number of rotatable bonds is 2. The average Bonchev–Trinajstić information content (AvgIpc) is 2.81. The highest BCUT2D eigenvalue weighted by atomic mass is 16.6. The number of nitro groups is 1. The molecule has 0 amide bonds. The molecule has 0 aromatic heterocycles. The number of hydrogen-bond acceptors (Lipinski definition) is 4. The average molecular weight is 255 g/mol. The fourth-order valence-corrected chi connectivity index (χ4v) is 1.65. The molecule has 1 aromatic rings. The Morgan fingerprint density at radius 1 is 1.33 bits per heavy atom. The summed E-state index contributed by atoms with van der Waals surface area (Å²) in [5.41, 5.74) is 1.17. The van der Waals surface area contributed by atoms with Crippen molar-refractivity contribution in [1.82, 2.24) is 0 Å². The van der Waals surface area contributed by atoms with Gasteiger partial charge in [-0.25, -0.2) is 4.79 Å². The van der Waals surface area contributed by atoms with Crippen LogP contribution in [0.15, 0.2) is 24.3 Å². The van der Waals surface area contributed by atoms with Gasteiger partial charge in [-0.15, -0.1) is 0 Å². The molecule has 0 radical (unpaired) electrons. The molecule has 1 aliphatic heterocycles. The van der Waals surface area contributed by atoms with Crippen LogP contribution in [0.1, 0.15) is 24.5 Å². The molecule has 1 saturated heterocycles. The zero-order valence-electron chi connectivity index (χ0n) is 9.48. The lowest BCUT2D eigenvalue weighted by molar-refractivity contribution is -0.384. The number of ether oxygens (including phenoxy) is 1. The Kier molecular flexibility index (Phi) is 5.06. The molecule has 0 saturated carbocycles. The Morgan fingerprint density at radius 3 is 2.28 bits per heavy atom. The second kappa shape index (κ2) is 6.55. The summed E-state index contributed by atoms with van der Waals surface area (Å²) >= 11 is 0. The van der Waals surface area contributed by atoms with E-state index >= 15 is 0 Å². The number of carbonyl (C=O) groups is 1. The summed E-state index contributed by atoms with van der Waals surface area (Å²) in [4.78, 5) is 18.6. The van der Waals surface area contributed by atoms with Gasteiger partial charge in [0.25, 0.3) is 5.69 Å². The van der Waals surface area contributed by atoms with Crippen molar-refractivity contribution in [3.05, 3.63) is 39.9 Å². The van der Waals surface area contributed by atoms with E-state index in [0.29, 0.717) is 0 Å². The molecule has 1 atom stereocenters. The number of non-ortho nitro benzene ring substituents is 1. The molecule has 0 bridgehead atoms. The quantitative estimate of drug-likeness (QED) is 0.620. The van der Waals surface area contributed by atoms with Gasteiger partial charge in [0, 0.05) is 18.7 Å². The minimum Gasteiger partial charge on any atom is -0.450 e. The van der Waals surface area contributed by atoms with E-state index in [1.54, 1.807) is 12.1 Å². The summed E-state index contributed by atoms with van der Waals surface area (Å²) in [5, 5.41) is 24.4. The van der Waals surface area contributed by atoms with Gasteiger partial charge in [0.15, 0.2) is 0 Å². The minimum absolute atomic E-state index is 0.131. The van der Waals surface area contributed by atoms with E-state index in [2.05, 4.69) is 0 Å². The molecule has 0 spiro atoms. The van der Waals surface area contributed by atoms with Crippen molar-refractivity contribution in [2.45, 2.75) is 18.9 Å². The molecule has 7 nitrogen and oxygen atoms in total. The van der Waals surface area contributed by atoms with Gasteiger partial charge in [0.1, 0.15) is 0 Å². The summed E-state index contributed by atoms with van der Waals surface area (Å²) in [6.45, 7) is 0.793. The van der Waals surface area contributed by atoms with Gasteiger partial charge in [-0.2, -0.15) is 0 Å². The van der Waals surface area contributed by atoms with Crippen LogP contribution < -0.4 is 0 Å². The van der Waals surface area contributed by atoms with E-state index in [-0.39, 0.29) is 16.7 Å². The Labute approximate surface area is 103 Å². The predicted octanol–water partition coefficient (Wildman–Crippen LogP) is 2.67. The van der Waals surface area contributed by atoms with Gasteiger partial charge in [0.05, 0.1) is 11.0 Å². The monoisotopic (exact) mass is 255 g/mol. The highest BCUT2D eigenvalue weighted by Gasteiger charge is 2.18. The molecule has 1 heterocycles. The molecule has 7 heteroatoms. The maximum atomic E-state index is 10.4. The minimum atomic E-state index is -1.83. The van der Waals surface area contributed by atoms with Crippen LogP contribution in [-0.4, -0.2) is 27.9 Å². The van der Waals surface area contributed by atoms with E-state index < -0.39 is 6.16 Å². The molecular formula is C11H13NO6. The lowest BCUT2D eigenvalue weighted by Crippen LogP contribution is -1.96. The van der Waals surface area contributed by atoms with Crippen LogP contribution in [0, 0.1) is 10.1 Å².